The summed E-state index contributed by atoms with van der Waals surface area (Å²) in [5, 5.41) is 0. The maximum absolute atomic E-state index is 11.8. The van der Waals surface area contributed by atoms with Crippen LogP contribution in [0.25, 0.3) is 0 Å². The van der Waals surface area contributed by atoms with Crippen LogP contribution in [0.2, 0.25) is 0 Å². The molecule has 2 rings (SSSR count). The summed E-state index contributed by atoms with van der Waals surface area (Å²) in [6.07, 6.45) is 7.19. The van der Waals surface area contributed by atoms with E-state index in [1.807, 2.05) is 0 Å². The fourth-order valence-corrected chi connectivity index (χ4v) is 2.02. The van der Waals surface area contributed by atoms with Crippen molar-refractivity contribution in [3.8, 4) is 0 Å². The highest BCUT2D eigenvalue weighted by molar-refractivity contribution is 5.92. The van der Waals surface area contributed by atoms with Gasteiger partial charge in [-0.3, -0.25) is 4.79 Å². The van der Waals surface area contributed by atoms with Crippen LogP contribution in [0.15, 0.2) is 12.4 Å². The van der Waals surface area contributed by atoms with E-state index in [2.05, 4.69) is 4.98 Å². The maximum atomic E-state index is 11.8. The molecular formula is C11H15N3O3. The van der Waals surface area contributed by atoms with Gasteiger partial charge in [0.1, 0.15) is 6.10 Å². The van der Waals surface area contributed by atoms with Crippen molar-refractivity contribution in [3.63, 3.8) is 0 Å². The average Bonchev–Trinajstić information content (AvgIpc) is 2.79. The Morgan fingerprint density at radius 1 is 1.35 bits per heavy atom. The normalized spacial score (nSPS) is 16.7. The highest BCUT2D eigenvalue weighted by Crippen LogP contribution is 2.20. The topological polar surface area (TPSA) is 87.2 Å². The SMILES string of the molecule is NC(=O)c1nccn1C(=O)OC1CCCCC1. The van der Waals surface area contributed by atoms with Crippen LogP contribution in [0, 0.1) is 0 Å². The van der Waals surface area contributed by atoms with Gasteiger partial charge in [0.05, 0.1) is 0 Å². The summed E-state index contributed by atoms with van der Waals surface area (Å²) in [4.78, 5) is 26.5. The first kappa shape index (κ1) is 11.6. The number of carbonyl (C=O) groups is 2. The molecule has 1 aliphatic rings. The number of primary amides is 1. The second kappa shape index (κ2) is 4.99. The van der Waals surface area contributed by atoms with Gasteiger partial charge in [-0.05, 0) is 25.7 Å². The lowest BCUT2D eigenvalue weighted by Gasteiger charge is -2.21. The molecule has 17 heavy (non-hydrogen) atoms. The van der Waals surface area contributed by atoms with Crippen molar-refractivity contribution >= 4 is 12.0 Å². The third kappa shape index (κ3) is 2.64. The van der Waals surface area contributed by atoms with Crippen molar-refractivity contribution in [2.24, 2.45) is 5.73 Å². The standard InChI is InChI=1S/C11H15N3O3/c12-9(15)10-13-6-7-14(10)11(16)17-8-4-2-1-3-5-8/h6-8H,1-5H2,(H2,12,15). The smallest absolute Gasteiger partial charge is 0.420 e. The number of nitrogens with two attached hydrogens (primary N) is 1. The summed E-state index contributed by atoms with van der Waals surface area (Å²) in [5.41, 5.74) is 5.10. The van der Waals surface area contributed by atoms with E-state index in [-0.39, 0.29) is 11.9 Å². The summed E-state index contributed by atoms with van der Waals surface area (Å²) >= 11 is 0. The number of nitrogens with zero attached hydrogens (tertiary/aromatic N) is 2. The Balaban J connectivity index is 2.03. The quantitative estimate of drug-likeness (QED) is 0.839. The van der Waals surface area contributed by atoms with Crippen molar-refractivity contribution in [2.75, 3.05) is 0 Å². The molecule has 0 aliphatic heterocycles. The van der Waals surface area contributed by atoms with Crippen LogP contribution in [0.1, 0.15) is 42.7 Å². The second-order valence-electron chi connectivity index (χ2n) is 4.13. The molecule has 1 fully saturated rings. The van der Waals surface area contributed by atoms with Gasteiger partial charge in [-0.25, -0.2) is 14.3 Å². The molecule has 6 nitrogen and oxygen atoms in total. The molecule has 0 unspecified atom stereocenters. The minimum absolute atomic E-state index is 0.0561. The number of amides is 1. The zero-order chi connectivity index (χ0) is 12.3. The molecule has 1 amide bonds. The van der Waals surface area contributed by atoms with E-state index < -0.39 is 12.0 Å². The highest BCUT2D eigenvalue weighted by atomic mass is 16.6. The molecule has 1 aromatic heterocycles. The molecule has 1 aliphatic carbocycles. The van der Waals surface area contributed by atoms with Gasteiger partial charge < -0.3 is 10.5 Å². The minimum Gasteiger partial charge on any atom is -0.446 e. The summed E-state index contributed by atoms with van der Waals surface area (Å²) in [6.45, 7) is 0. The first-order valence-electron chi connectivity index (χ1n) is 5.72. The highest BCUT2D eigenvalue weighted by Gasteiger charge is 2.21. The van der Waals surface area contributed by atoms with Crippen LogP contribution in [-0.4, -0.2) is 27.7 Å². The Labute approximate surface area is 98.8 Å². The first-order valence-corrected chi connectivity index (χ1v) is 5.72. The van der Waals surface area contributed by atoms with E-state index in [9.17, 15) is 9.59 Å². The van der Waals surface area contributed by atoms with E-state index in [1.54, 1.807) is 0 Å². The molecule has 0 bridgehead atoms. The molecule has 0 radical (unpaired) electrons. The number of ether oxygens (including phenoxy) is 1. The Bertz CT molecular complexity index is 421. The van der Waals surface area contributed by atoms with Gasteiger partial charge in [-0.15, -0.1) is 0 Å². The minimum atomic E-state index is -0.740. The largest absolute Gasteiger partial charge is 0.446 e. The summed E-state index contributed by atoms with van der Waals surface area (Å²) in [6, 6.07) is 0. The lowest BCUT2D eigenvalue weighted by molar-refractivity contribution is 0.0746. The Kier molecular flexibility index (Phi) is 3.41. The summed E-state index contributed by atoms with van der Waals surface area (Å²) < 4.78 is 6.36. The Morgan fingerprint density at radius 3 is 2.71 bits per heavy atom. The number of rotatable bonds is 2. The number of hydrogen-bond acceptors (Lipinski definition) is 4. The van der Waals surface area contributed by atoms with E-state index in [4.69, 9.17) is 10.5 Å². The average molecular weight is 237 g/mol. The van der Waals surface area contributed by atoms with Gasteiger partial charge in [0.2, 0.25) is 5.82 Å². The van der Waals surface area contributed by atoms with Crippen LogP contribution >= 0.6 is 0 Å². The lowest BCUT2D eigenvalue weighted by Crippen LogP contribution is -2.27. The molecule has 6 heteroatoms. The van der Waals surface area contributed by atoms with Crippen LogP contribution in [0.4, 0.5) is 4.79 Å². The van der Waals surface area contributed by atoms with Crippen LogP contribution in [-0.2, 0) is 4.74 Å². The van der Waals surface area contributed by atoms with Gasteiger partial charge in [0.25, 0.3) is 5.91 Å². The molecule has 2 N–H and O–H groups in total. The molecule has 1 saturated carbocycles. The monoisotopic (exact) mass is 237 g/mol. The Morgan fingerprint density at radius 2 is 2.06 bits per heavy atom. The first-order chi connectivity index (χ1) is 8.18. The van der Waals surface area contributed by atoms with Gasteiger partial charge >= 0.3 is 6.09 Å². The molecule has 92 valence electrons. The lowest BCUT2D eigenvalue weighted by atomic mass is 9.98. The number of hydrogen-bond donors (Lipinski definition) is 1. The molecule has 0 spiro atoms. The third-order valence-corrected chi connectivity index (χ3v) is 2.88. The van der Waals surface area contributed by atoms with Gasteiger partial charge in [-0.2, -0.15) is 0 Å². The molecule has 0 aromatic carbocycles. The molecule has 1 heterocycles. The maximum Gasteiger partial charge on any atom is 0.420 e. The zero-order valence-corrected chi connectivity index (χ0v) is 9.46. The number of aromatic nitrogens is 2. The fourth-order valence-electron chi connectivity index (χ4n) is 2.02. The molecule has 1 aromatic rings. The van der Waals surface area contributed by atoms with Crippen molar-refractivity contribution in [1.82, 2.24) is 9.55 Å². The number of carbonyl (C=O) groups excluding carboxylic acids is 2. The predicted octanol–water partition coefficient (Wildman–Crippen LogP) is 1.30. The van der Waals surface area contributed by atoms with E-state index in [0.717, 1.165) is 30.3 Å². The van der Waals surface area contributed by atoms with Crippen LogP contribution in [0.3, 0.4) is 0 Å². The Hall–Kier alpha value is -1.85. The second-order valence-corrected chi connectivity index (χ2v) is 4.13. The third-order valence-electron chi connectivity index (χ3n) is 2.88. The number of imidazole rings is 1. The van der Waals surface area contributed by atoms with Crippen LogP contribution < -0.4 is 5.73 Å². The molecule has 0 atom stereocenters. The van der Waals surface area contributed by atoms with E-state index in [0.29, 0.717) is 0 Å². The van der Waals surface area contributed by atoms with E-state index >= 15 is 0 Å². The van der Waals surface area contributed by atoms with Crippen LogP contribution in [0.5, 0.6) is 0 Å². The van der Waals surface area contributed by atoms with Gasteiger partial charge in [0.15, 0.2) is 0 Å². The molecule has 0 saturated heterocycles. The van der Waals surface area contributed by atoms with Crippen molar-refractivity contribution in [1.29, 1.82) is 0 Å². The zero-order valence-electron chi connectivity index (χ0n) is 9.46. The predicted molar refractivity (Wildman–Crippen MR) is 59.5 cm³/mol. The summed E-state index contributed by atoms with van der Waals surface area (Å²) in [5.74, 6) is -0.832. The summed E-state index contributed by atoms with van der Waals surface area (Å²) in [7, 11) is 0. The van der Waals surface area contributed by atoms with Crippen molar-refractivity contribution < 1.29 is 14.3 Å². The molecular weight excluding hydrogens is 222 g/mol. The van der Waals surface area contributed by atoms with E-state index in [1.165, 1.54) is 18.8 Å². The van der Waals surface area contributed by atoms with Crippen molar-refractivity contribution in [3.05, 3.63) is 18.2 Å². The van der Waals surface area contributed by atoms with Gasteiger partial charge in [-0.1, -0.05) is 6.42 Å². The fraction of sp³-hybridized carbons (Fsp3) is 0.545. The van der Waals surface area contributed by atoms with Gasteiger partial charge in [0, 0.05) is 12.4 Å². The van der Waals surface area contributed by atoms with Crippen molar-refractivity contribution in [2.45, 2.75) is 38.2 Å².